The number of anilines is 1. The summed E-state index contributed by atoms with van der Waals surface area (Å²) in [5, 5.41) is 2.54. The van der Waals surface area contributed by atoms with E-state index < -0.39 is 5.82 Å². The highest BCUT2D eigenvalue weighted by Crippen LogP contribution is 2.17. The van der Waals surface area contributed by atoms with Crippen LogP contribution in [0.2, 0.25) is 0 Å². The molecule has 1 N–H and O–H groups in total. The van der Waals surface area contributed by atoms with Crippen LogP contribution >= 0.6 is 15.9 Å². The number of hydrogen-bond donors (Lipinski definition) is 1. The number of aryl methyl sites for hydroxylation is 1. The molecule has 1 aromatic carbocycles. The number of rotatable bonds is 3. The summed E-state index contributed by atoms with van der Waals surface area (Å²) in [6.07, 6.45) is 0.666. The molecule has 1 atom stereocenters. The molecule has 1 unspecified atom stereocenters. The van der Waals surface area contributed by atoms with Gasteiger partial charge in [-0.25, -0.2) is 4.39 Å². The first-order chi connectivity index (χ1) is 7.04. The van der Waals surface area contributed by atoms with Gasteiger partial charge in [-0.2, -0.15) is 0 Å². The monoisotopic (exact) mass is 273 g/mol. The number of carbonyl (C=O) groups is 1. The summed E-state index contributed by atoms with van der Waals surface area (Å²) < 4.78 is 13.3. The van der Waals surface area contributed by atoms with Crippen LogP contribution in [0.3, 0.4) is 0 Å². The second kappa shape index (κ2) is 5.26. The van der Waals surface area contributed by atoms with E-state index in [1.165, 1.54) is 6.07 Å². The third kappa shape index (κ3) is 3.30. The maximum absolute atomic E-state index is 13.3. The molecule has 1 amide bonds. The Hall–Kier alpha value is -0.900. The Labute approximate surface area is 97.0 Å². The highest BCUT2D eigenvalue weighted by molar-refractivity contribution is 9.10. The molecule has 0 bridgehead atoms. The number of nitrogens with one attached hydrogen (secondary N) is 1. The van der Waals surface area contributed by atoms with Gasteiger partial charge in [0.15, 0.2) is 0 Å². The number of halogens is 2. The van der Waals surface area contributed by atoms with Crippen molar-refractivity contribution in [1.82, 2.24) is 0 Å². The molecule has 0 aliphatic heterocycles. The fourth-order valence-electron chi connectivity index (χ4n) is 1.13. The fraction of sp³-hybridized carbons (Fsp3) is 0.364. The lowest BCUT2D eigenvalue weighted by molar-refractivity contribution is -0.115. The van der Waals surface area contributed by atoms with Gasteiger partial charge in [0.2, 0.25) is 5.91 Å². The summed E-state index contributed by atoms with van der Waals surface area (Å²) in [6.45, 7) is 3.73. The Bertz CT molecular complexity index is 368. The Kier molecular flexibility index (Phi) is 4.27. The molecule has 0 radical (unpaired) electrons. The Balaban J connectivity index is 2.80. The van der Waals surface area contributed by atoms with E-state index in [2.05, 4.69) is 21.2 Å². The lowest BCUT2D eigenvalue weighted by atomic mass is 10.2. The van der Waals surface area contributed by atoms with Crippen molar-refractivity contribution in [1.29, 1.82) is 0 Å². The van der Waals surface area contributed by atoms with Crippen molar-refractivity contribution in [3.8, 4) is 0 Å². The standard InChI is InChI=1S/C11H13BrFNO/c1-3-8(12)11(15)14-10-6-7(2)4-5-9(10)13/h4-6,8H,3H2,1-2H3,(H,14,15). The Morgan fingerprint density at radius 2 is 2.27 bits per heavy atom. The van der Waals surface area contributed by atoms with Gasteiger partial charge in [-0.3, -0.25) is 4.79 Å². The maximum atomic E-state index is 13.3. The smallest absolute Gasteiger partial charge is 0.238 e. The van der Waals surface area contributed by atoms with Crippen LogP contribution in [0.5, 0.6) is 0 Å². The van der Waals surface area contributed by atoms with Crippen LogP contribution in [0.4, 0.5) is 10.1 Å². The molecule has 82 valence electrons. The molecule has 0 aliphatic rings. The van der Waals surface area contributed by atoms with Crippen molar-refractivity contribution in [2.45, 2.75) is 25.1 Å². The Morgan fingerprint density at radius 3 is 2.87 bits per heavy atom. The molecule has 0 heterocycles. The van der Waals surface area contributed by atoms with E-state index in [1.807, 2.05) is 13.8 Å². The largest absolute Gasteiger partial charge is 0.323 e. The highest BCUT2D eigenvalue weighted by atomic mass is 79.9. The molecular formula is C11H13BrFNO. The van der Waals surface area contributed by atoms with Crippen LogP contribution < -0.4 is 5.32 Å². The van der Waals surface area contributed by atoms with Gasteiger partial charge in [-0.1, -0.05) is 28.9 Å². The van der Waals surface area contributed by atoms with Crippen LogP contribution in [0, 0.1) is 12.7 Å². The normalized spacial score (nSPS) is 12.3. The van der Waals surface area contributed by atoms with Crippen LogP contribution in [-0.2, 0) is 4.79 Å². The number of amides is 1. The molecule has 0 saturated carbocycles. The second-order valence-electron chi connectivity index (χ2n) is 3.35. The molecule has 0 saturated heterocycles. The van der Waals surface area contributed by atoms with Gasteiger partial charge in [-0.15, -0.1) is 0 Å². The third-order valence-electron chi connectivity index (χ3n) is 2.02. The minimum atomic E-state index is -0.412. The molecule has 1 rings (SSSR count). The first-order valence-electron chi connectivity index (χ1n) is 4.75. The fourth-order valence-corrected chi connectivity index (χ4v) is 1.25. The van der Waals surface area contributed by atoms with Gasteiger partial charge in [0.1, 0.15) is 5.82 Å². The summed E-state index contributed by atoms with van der Waals surface area (Å²) in [4.78, 5) is 11.2. The summed E-state index contributed by atoms with van der Waals surface area (Å²) >= 11 is 3.21. The summed E-state index contributed by atoms with van der Waals surface area (Å²) in [7, 11) is 0. The third-order valence-corrected chi connectivity index (χ3v) is 3.09. The van der Waals surface area contributed by atoms with Crippen molar-refractivity contribution >= 4 is 27.5 Å². The topological polar surface area (TPSA) is 29.1 Å². The number of benzene rings is 1. The van der Waals surface area contributed by atoms with E-state index in [-0.39, 0.29) is 16.4 Å². The van der Waals surface area contributed by atoms with E-state index in [4.69, 9.17) is 0 Å². The van der Waals surface area contributed by atoms with Gasteiger partial charge in [-0.05, 0) is 31.0 Å². The molecule has 15 heavy (non-hydrogen) atoms. The minimum absolute atomic E-state index is 0.220. The number of hydrogen-bond acceptors (Lipinski definition) is 1. The van der Waals surface area contributed by atoms with Gasteiger partial charge in [0.25, 0.3) is 0 Å². The average molecular weight is 274 g/mol. The van der Waals surface area contributed by atoms with E-state index >= 15 is 0 Å². The van der Waals surface area contributed by atoms with E-state index in [9.17, 15) is 9.18 Å². The Morgan fingerprint density at radius 1 is 1.60 bits per heavy atom. The van der Waals surface area contributed by atoms with E-state index in [1.54, 1.807) is 12.1 Å². The van der Waals surface area contributed by atoms with Gasteiger partial charge in [0, 0.05) is 0 Å². The molecule has 2 nitrogen and oxygen atoms in total. The highest BCUT2D eigenvalue weighted by Gasteiger charge is 2.14. The molecule has 1 aromatic rings. The zero-order valence-electron chi connectivity index (χ0n) is 8.68. The molecule has 4 heteroatoms. The zero-order chi connectivity index (χ0) is 11.4. The SMILES string of the molecule is CCC(Br)C(=O)Nc1cc(C)ccc1F. The van der Waals surface area contributed by atoms with Crippen LogP contribution in [0.1, 0.15) is 18.9 Å². The average Bonchev–Trinajstić information content (AvgIpc) is 2.22. The first kappa shape index (κ1) is 12.2. The predicted octanol–water partition coefficient (Wildman–Crippen LogP) is 3.25. The molecule has 0 fully saturated rings. The molecule has 0 aromatic heterocycles. The van der Waals surface area contributed by atoms with Gasteiger partial charge in [0.05, 0.1) is 10.5 Å². The van der Waals surface area contributed by atoms with Gasteiger partial charge >= 0.3 is 0 Å². The molecule has 0 spiro atoms. The van der Waals surface area contributed by atoms with E-state index in [0.29, 0.717) is 6.42 Å². The van der Waals surface area contributed by atoms with Crippen LogP contribution in [0.25, 0.3) is 0 Å². The van der Waals surface area contributed by atoms with Crippen molar-refractivity contribution in [2.75, 3.05) is 5.32 Å². The second-order valence-corrected chi connectivity index (χ2v) is 4.45. The minimum Gasteiger partial charge on any atom is -0.323 e. The zero-order valence-corrected chi connectivity index (χ0v) is 10.3. The first-order valence-corrected chi connectivity index (χ1v) is 5.67. The molecular weight excluding hydrogens is 261 g/mol. The maximum Gasteiger partial charge on any atom is 0.238 e. The quantitative estimate of drug-likeness (QED) is 0.842. The predicted molar refractivity (Wildman–Crippen MR) is 62.8 cm³/mol. The number of alkyl halides is 1. The van der Waals surface area contributed by atoms with Crippen molar-refractivity contribution in [3.05, 3.63) is 29.6 Å². The molecule has 0 aliphatic carbocycles. The lowest BCUT2D eigenvalue weighted by Crippen LogP contribution is -2.22. The van der Waals surface area contributed by atoms with Crippen molar-refractivity contribution in [3.63, 3.8) is 0 Å². The van der Waals surface area contributed by atoms with Crippen molar-refractivity contribution < 1.29 is 9.18 Å². The lowest BCUT2D eigenvalue weighted by Gasteiger charge is -2.10. The summed E-state index contributed by atoms with van der Waals surface area (Å²) in [5.74, 6) is -0.633. The van der Waals surface area contributed by atoms with Crippen LogP contribution in [-0.4, -0.2) is 10.7 Å². The van der Waals surface area contributed by atoms with E-state index in [0.717, 1.165) is 5.56 Å². The van der Waals surface area contributed by atoms with Crippen LogP contribution in [0.15, 0.2) is 18.2 Å². The number of carbonyl (C=O) groups excluding carboxylic acids is 1. The van der Waals surface area contributed by atoms with Crippen molar-refractivity contribution in [2.24, 2.45) is 0 Å². The summed E-state index contributed by atoms with van der Waals surface area (Å²) in [6, 6.07) is 4.62. The van der Waals surface area contributed by atoms with Gasteiger partial charge < -0.3 is 5.32 Å². The summed E-state index contributed by atoms with van der Waals surface area (Å²) in [5.41, 5.74) is 1.15.